The zero-order valence-corrected chi connectivity index (χ0v) is 14.4. The summed E-state index contributed by atoms with van der Waals surface area (Å²) in [5.74, 6) is -0.818. The van der Waals surface area contributed by atoms with Gasteiger partial charge in [-0.3, -0.25) is 14.7 Å². The smallest absolute Gasteiger partial charge is 0.329 e. The van der Waals surface area contributed by atoms with Gasteiger partial charge >= 0.3 is 5.97 Å². The van der Waals surface area contributed by atoms with Crippen LogP contribution >= 0.6 is 24.0 Å². The molecular formula is C15H16N2O4S2. The molecule has 2 heterocycles. The molecule has 23 heavy (non-hydrogen) atoms. The quantitative estimate of drug-likeness (QED) is 0.335. The first kappa shape index (κ1) is 17.6. The minimum absolute atomic E-state index is 0.139. The summed E-state index contributed by atoms with van der Waals surface area (Å²) in [6, 6.07) is 2.84. The summed E-state index contributed by atoms with van der Waals surface area (Å²) >= 11 is 6.38. The van der Waals surface area contributed by atoms with Crippen molar-refractivity contribution in [3.8, 4) is 0 Å². The Hall–Kier alpha value is -1.77. The molecule has 0 saturated carbocycles. The second kappa shape index (κ2) is 8.19. The molecule has 0 aliphatic carbocycles. The summed E-state index contributed by atoms with van der Waals surface area (Å²) in [7, 11) is 1.52. The maximum Gasteiger partial charge on any atom is 0.329 e. The maximum atomic E-state index is 12.5. The van der Waals surface area contributed by atoms with E-state index in [0.717, 1.165) is 17.3 Å². The summed E-state index contributed by atoms with van der Waals surface area (Å²) in [5.41, 5.74) is 0.795. The van der Waals surface area contributed by atoms with Crippen molar-refractivity contribution < 1.29 is 19.1 Å². The molecule has 0 aromatic carbocycles. The number of thiocarbonyl (C=S) groups is 1. The lowest BCUT2D eigenvalue weighted by Crippen LogP contribution is -2.42. The number of ether oxygens (including phenoxy) is 2. The third kappa shape index (κ3) is 4.37. The van der Waals surface area contributed by atoms with Crippen molar-refractivity contribution in [1.29, 1.82) is 0 Å². The average molecular weight is 352 g/mol. The van der Waals surface area contributed by atoms with Crippen molar-refractivity contribution in [2.24, 2.45) is 0 Å². The number of hydrogen-bond donors (Lipinski definition) is 0. The van der Waals surface area contributed by atoms with E-state index in [9.17, 15) is 9.59 Å². The SMILES string of the molecule is COCCOC(=O)C(C)N1C(=O)C(=Cc2cccnc2)SC1=S. The molecule has 0 N–H and O–H groups in total. The van der Waals surface area contributed by atoms with Crippen molar-refractivity contribution >= 4 is 46.3 Å². The van der Waals surface area contributed by atoms with Gasteiger partial charge in [0.15, 0.2) is 0 Å². The second-order valence-electron chi connectivity index (χ2n) is 4.67. The van der Waals surface area contributed by atoms with Crippen LogP contribution in [0.15, 0.2) is 29.4 Å². The van der Waals surface area contributed by atoms with Gasteiger partial charge in [-0.1, -0.05) is 30.0 Å². The van der Waals surface area contributed by atoms with Gasteiger partial charge in [0.1, 0.15) is 17.0 Å². The van der Waals surface area contributed by atoms with Crippen molar-refractivity contribution in [1.82, 2.24) is 9.88 Å². The highest BCUT2D eigenvalue weighted by Crippen LogP contribution is 2.34. The minimum atomic E-state index is -0.779. The molecule has 1 aromatic heterocycles. The molecule has 1 unspecified atom stereocenters. The van der Waals surface area contributed by atoms with E-state index in [4.69, 9.17) is 21.7 Å². The van der Waals surface area contributed by atoms with Gasteiger partial charge in [-0.2, -0.15) is 0 Å². The van der Waals surface area contributed by atoms with E-state index in [0.29, 0.717) is 15.8 Å². The zero-order valence-electron chi connectivity index (χ0n) is 12.7. The van der Waals surface area contributed by atoms with Gasteiger partial charge in [0.2, 0.25) is 0 Å². The number of nitrogens with zero attached hydrogens (tertiary/aromatic N) is 2. The molecule has 0 bridgehead atoms. The van der Waals surface area contributed by atoms with E-state index in [-0.39, 0.29) is 12.5 Å². The van der Waals surface area contributed by atoms with E-state index in [2.05, 4.69) is 4.98 Å². The van der Waals surface area contributed by atoms with Gasteiger partial charge in [-0.05, 0) is 24.6 Å². The summed E-state index contributed by atoms with van der Waals surface area (Å²) in [4.78, 5) is 30.2. The fourth-order valence-corrected chi connectivity index (χ4v) is 3.30. The molecule has 1 aliphatic rings. The second-order valence-corrected chi connectivity index (χ2v) is 6.35. The fourth-order valence-electron chi connectivity index (χ4n) is 1.88. The number of amides is 1. The Morgan fingerprint density at radius 2 is 2.30 bits per heavy atom. The monoisotopic (exact) mass is 352 g/mol. The number of carbonyl (C=O) groups excluding carboxylic acids is 2. The first-order chi connectivity index (χ1) is 11.0. The third-order valence-corrected chi connectivity index (χ3v) is 4.40. The highest BCUT2D eigenvalue weighted by molar-refractivity contribution is 8.26. The number of rotatable bonds is 6. The van der Waals surface area contributed by atoms with Crippen LogP contribution in [0.3, 0.4) is 0 Å². The van der Waals surface area contributed by atoms with Crippen LogP contribution in [0.1, 0.15) is 12.5 Å². The van der Waals surface area contributed by atoms with Gasteiger partial charge < -0.3 is 9.47 Å². The van der Waals surface area contributed by atoms with Crippen LogP contribution < -0.4 is 0 Å². The molecule has 122 valence electrons. The number of hydrogen-bond acceptors (Lipinski definition) is 7. The van der Waals surface area contributed by atoms with Crippen LogP contribution in [-0.4, -0.2) is 52.4 Å². The molecule has 0 spiro atoms. The Labute approximate surface area is 143 Å². The standard InChI is InChI=1S/C15H16N2O4S2/c1-10(14(19)21-7-6-20-2)17-13(18)12(23-15(17)22)8-11-4-3-5-16-9-11/h3-5,8-10H,6-7H2,1-2H3. The van der Waals surface area contributed by atoms with E-state index < -0.39 is 12.0 Å². The Morgan fingerprint density at radius 3 is 2.96 bits per heavy atom. The summed E-state index contributed by atoms with van der Waals surface area (Å²) in [6.45, 7) is 2.03. The third-order valence-electron chi connectivity index (χ3n) is 3.07. The molecule has 1 saturated heterocycles. The van der Waals surface area contributed by atoms with E-state index >= 15 is 0 Å². The normalized spacial score (nSPS) is 17.7. The molecule has 1 fully saturated rings. The topological polar surface area (TPSA) is 68.7 Å². The fraction of sp³-hybridized carbons (Fsp3) is 0.333. The van der Waals surface area contributed by atoms with Crippen LogP contribution in [0.25, 0.3) is 6.08 Å². The molecule has 2 rings (SSSR count). The maximum absolute atomic E-state index is 12.5. The van der Waals surface area contributed by atoms with Crippen molar-refractivity contribution in [2.45, 2.75) is 13.0 Å². The van der Waals surface area contributed by atoms with Crippen LogP contribution in [0, 0.1) is 0 Å². The van der Waals surface area contributed by atoms with E-state index in [1.54, 1.807) is 31.5 Å². The Bertz CT molecular complexity index is 634. The largest absolute Gasteiger partial charge is 0.462 e. The summed E-state index contributed by atoms with van der Waals surface area (Å²) in [5, 5.41) is 0. The number of thioether (sulfide) groups is 1. The minimum Gasteiger partial charge on any atom is -0.462 e. The molecule has 1 amide bonds. The van der Waals surface area contributed by atoms with E-state index in [1.807, 2.05) is 6.07 Å². The van der Waals surface area contributed by atoms with Crippen LogP contribution in [0.5, 0.6) is 0 Å². The van der Waals surface area contributed by atoms with Crippen LogP contribution in [0.4, 0.5) is 0 Å². The number of aromatic nitrogens is 1. The molecule has 0 radical (unpaired) electrons. The van der Waals surface area contributed by atoms with Gasteiger partial charge in [0.05, 0.1) is 11.5 Å². The van der Waals surface area contributed by atoms with Crippen molar-refractivity contribution in [3.63, 3.8) is 0 Å². The molecule has 1 atom stereocenters. The first-order valence-electron chi connectivity index (χ1n) is 6.87. The molecular weight excluding hydrogens is 336 g/mol. The number of carbonyl (C=O) groups is 2. The summed E-state index contributed by atoms with van der Waals surface area (Å²) < 4.78 is 10.2. The van der Waals surface area contributed by atoms with Gasteiger partial charge in [-0.25, -0.2) is 4.79 Å². The van der Waals surface area contributed by atoms with Crippen LogP contribution in [0.2, 0.25) is 0 Å². The predicted octanol–water partition coefficient (Wildman–Crippen LogP) is 1.86. The molecule has 1 aromatic rings. The molecule has 1 aliphatic heterocycles. The Morgan fingerprint density at radius 1 is 1.52 bits per heavy atom. The summed E-state index contributed by atoms with van der Waals surface area (Å²) in [6.07, 6.45) is 5.00. The molecule has 6 nitrogen and oxygen atoms in total. The number of methoxy groups -OCH3 is 1. The number of esters is 1. The lowest BCUT2D eigenvalue weighted by atomic mass is 10.2. The van der Waals surface area contributed by atoms with Crippen molar-refractivity contribution in [2.75, 3.05) is 20.3 Å². The van der Waals surface area contributed by atoms with E-state index in [1.165, 1.54) is 12.0 Å². The van der Waals surface area contributed by atoms with Gasteiger partial charge in [0.25, 0.3) is 5.91 Å². The lowest BCUT2D eigenvalue weighted by Gasteiger charge is -2.21. The van der Waals surface area contributed by atoms with Crippen LogP contribution in [-0.2, 0) is 19.1 Å². The van der Waals surface area contributed by atoms with Gasteiger partial charge in [-0.15, -0.1) is 0 Å². The Balaban J connectivity index is 2.09. The van der Waals surface area contributed by atoms with Gasteiger partial charge in [0, 0.05) is 19.5 Å². The highest BCUT2D eigenvalue weighted by atomic mass is 32.2. The lowest BCUT2D eigenvalue weighted by molar-refractivity contribution is -0.151. The Kier molecular flexibility index (Phi) is 6.26. The number of pyridine rings is 1. The molecule has 8 heteroatoms. The first-order valence-corrected chi connectivity index (χ1v) is 8.09. The van der Waals surface area contributed by atoms with Crippen molar-refractivity contribution in [3.05, 3.63) is 35.0 Å². The highest BCUT2D eigenvalue weighted by Gasteiger charge is 2.38. The predicted molar refractivity (Wildman–Crippen MR) is 91.5 cm³/mol. The zero-order chi connectivity index (χ0) is 16.8. The average Bonchev–Trinajstić information content (AvgIpc) is 2.82.